The number of ketones is 1. The van der Waals surface area contributed by atoms with Crippen molar-refractivity contribution < 1.29 is 19.1 Å². The lowest BCUT2D eigenvalue weighted by Crippen LogP contribution is -2.44. The lowest BCUT2D eigenvalue weighted by molar-refractivity contribution is 0.0617. The Labute approximate surface area is 207 Å². The predicted octanol–water partition coefficient (Wildman–Crippen LogP) is 4.60. The second-order valence-electron chi connectivity index (χ2n) is 9.22. The molecule has 1 heterocycles. The minimum absolute atomic E-state index is 0.00291. The molecule has 6 nitrogen and oxygen atoms in total. The van der Waals surface area contributed by atoms with Crippen LogP contribution in [-0.2, 0) is 22.6 Å². The van der Waals surface area contributed by atoms with Gasteiger partial charge in [-0.05, 0) is 65.9 Å². The largest absolute Gasteiger partial charge is 0.382 e. The van der Waals surface area contributed by atoms with Crippen LogP contribution in [0.15, 0.2) is 60.7 Å². The fourth-order valence-electron chi connectivity index (χ4n) is 4.48. The quantitative estimate of drug-likeness (QED) is 0.344. The summed E-state index contributed by atoms with van der Waals surface area (Å²) in [7, 11) is 1.68. The predicted molar refractivity (Wildman–Crippen MR) is 138 cm³/mol. The number of nitrogens with zero attached hydrogens (tertiary/aromatic N) is 1. The first-order valence-electron chi connectivity index (χ1n) is 12.2. The van der Waals surface area contributed by atoms with E-state index in [1.807, 2.05) is 0 Å². The fraction of sp³-hybridized carbons (Fsp3) is 0.379. The van der Waals surface area contributed by atoms with Crippen molar-refractivity contribution in [3.8, 4) is 0 Å². The number of Topliss-reactive ketones (excluding diaryl/α,β-unsaturated/α-hetero) is 1. The Morgan fingerprint density at radius 2 is 1.54 bits per heavy atom. The molecule has 0 bridgehead atoms. The Kier molecular flexibility index (Phi) is 8.64. The van der Waals surface area contributed by atoms with E-state index in [9.17, 15) is 9.59 Å². The van der Waals surface area contributed by atoms with Gasteiger partial charge < -0.3 is 14.8 Å². The summed E-state index contributed by atoms with van der Waals surface area (Å²) >= 11 is 0. The van der Waals surface area contributed by atoms with E-state index in [-0.39, 0.29) is 17.7 Å². The number of hydrogen-bond donors (Lipinski definition) is 1. The lowest BCUT2D eigenvalue weighted by Gasteiger charge is -2.32. The maximum atomic E-state index is 12.6. The molecule has 0 aromatic heterocycles. The summed E-state index contributed by atoms with van der Waals surface area (Å²) in [6, 6.07) is 20.2. The zero-order valence-corrected chi connectivity index (χ0v) is 20.6. The van der Waals surface area contributed by atoms with Crippen LogP contribution in [0.5, 0.6) is 0 Å². The number of methoxy groups -OCH3 is 1. The number of fused-ring (bicyclic) bond motifs is 1. The van der Waals surface area contributed by atoms with Gasteiger partial charge in [-0.15, -0.1) is 0 Å². The molecule has 3 aromatic carbocycles. The molecule has 1 aliphatic heterocycles. The van der Waals surface area contributed by atoms with Crippen LogP contribution < -0.4 is 5.32 Å². The normalized spacial score (nSPS) is 14.8. The first kappa shape index (κ1) is 25.0. The molecule has 3 aromatic rings. The molecule has 1 fully saturated rings. The minimum Gasteiger partial charge on any atom is -0.382 e. The van der Waals surface area contributed by atoms with E-state index >= 15 is 0 Å². The third-order valence-corrected chi connectivity index (χ3v) is 6.55. The van der Waals surface area contributed by atoms with Crippen molar-refractivity contribution in [1.29, 1.82) is 0 Å². The van der Waals surface area contributed by atoms with Gasteiger partial charge in [-0.3, -0.25) is 14.5 Å². The van der Waals surface area contributed by atoms with Crippen LogP contribution in [0.3, 0.4) is 0 Å². The molecule has 1 N–H and O–H groups in total. The second kappa shape index (κ2) is 12.1. The maximum absolute atomic E-state index is 12.6. The number of hydrogen-bond acceptors (Lipinski definition) is 5. The van der Waals surface area contributed by atoms with Crippen LogP contribution in [0.4, 0.5) is 0 Å². The fourth-order valence-corrected chi connectivity index (χ4v) is 4.48. The topological polar surface area (TPSA) is 67.9 Å². The molecule has 35 heavy (non-hydrogen) atoms. The molecular formula is C29H34N2O4. The minimum atomic E-state index is -0.0740. The van der Waals surface area contributed by atoms with Crippen molar-refractivity contribution in [2.24, 2.45) is 0 Å². The standard InChI is InChI=1S/C29H34N2O4/c1-21(32)24-7-9-26(10-8-24)29(33)30-28-11-13-31(14-12-28)19-22-3-5-25-6-4-23(18-27(25)17-22)20-35-16-15-34-2/h3-10,17-18,28H,11-16,19-20H2,1-2H3,(H,30,33). The van der Waals surface area contributed by atoms with Gasteiger partial charge in [-0.1, -0.05) is 36.4 Å². The molecule has 6 heteroatoms. The van der Waals surface area contributed by atoms with Crippen molar-refractivity contribution in [3.05, 3.63) is 82.9 Å². The van der Waals surface area contributed by atoms with E-state index in [1.165, 1.54) is 28.8 Å². The molecule has 1 saturated heterocycles. The smallest absolute Gasteiger partial charge is 0.251 e. The summed E-state index contributed by atoms with van der Waals surface area (Å²) < 4.78 is 10.7. The molecule has 1 aliphatic rings. The number of ether oxygens (including phenoxy) is 2. The van der Waals surface area contributed by atoms with E-state index in [1.54, 1.807) is 31.4 Å². The van der Waals surface area contributed by atoms with Gasteiger partial charge in [0.2, 0.25) is 0 Å². The zero-order valence-electron chi connectivity index (χ0n) is 20.6. The molecule has 184 valence electrons. The summed E-state index contributed by atoms with van der Waals surface area (Å²) in [6.45, 7) is 6.10. The monoisotopic (exact) mass is 474 g/mol. The summed E-state index contributed by atoms with van der Waals surface area (Å²) in [6.07, 6.45) is 1.85. The summed E-state index contributed by atoms with van der Waals surface area (Å²) in [4.78, 5) is 26.5. The maximum Gasteiger partial charge on any atom is 0.251 e. The number of benzene rings is 3. The number of amides is 1. The van der Waals surface area contributed by atoms with Crippen LogP contribution in [0.2, 0.25) is 0 Å². The van der Waals surface area contributed by atoms with Gasteiger partial charge in [0, 0.05) is 43.9 Å². The third kappa shape index (κ3) is 6.98. The molecule has 0 spiro atoms. The molecule has 0 unspecified atom stereocenters. The van der Waals surface area contributed by atoms with Crippen LogP contribution >= 0.6 is 0 Å². The van der Waals surface area contributed by atoms with Gasteiger partial charge in [-0.2, -0.15) is 0 Å². The van der Waals surface area contributed by atoms with Crippen LogP contribution in [0, 0.1) is 0 Å². The Hall–Kier alpha value is -3.06. The number of carbonyl (C=O) groups is 2. The molecule has 0 radical (unpaired) electrons. The highest BCUT2D eigenvalue weighted by molar-refractivity contribution is 5.97. The van der Waals surface area contributed by atoms with Crippen molar-refractivity contribution >= 4 is 22.5 Å². The number of likely N-dealkylation sites (tertiary alicyclic amines) is 1. The number of rotatable bonds is 10. The average molecular weight is 475 g/mol. The second-order valence-corrected chi connectivity index (χ2v) is 9.22. The van der Waals surface area contributed by atoms with Gasteiger partial charge in [0.1, 0.15) is 0 Å². The Morgan fingerprint density at radius 1 is 0.886 bits per heavy atom. The van der Waals surface area contributed by atoms with E-state index in [0.717, 1.165) is 32.5 Å². The molecule has 4 rings (SSSR count). The number of piperidine rings is 1. The summed E-state index contributed by atoms with van der Waals surface area (Å²) in [5.74, 6) is -0.0711. The summed E-state index contributed by atoms with van der Waals surface area (Å²) in [5.41, 5.74) is 3.67. The van der Waals surface area contributed by atoms with E-state index in [2.05, 4.69) is 46.6 Å². The third-order valence-electron chi connectivity index (χ3n) is 6.55. The summed E-state index contributed by atoms with van der Waals surface area (Å²) in [5, 5.41) is 5.61. The highest BCUT2D eigenvalue weighted by Crippen LogP contribution is 2.21. The van der Waals surface area contributed by atoms with Crippen molar-refractivity contribution in [2.45, 2.75) is 39.0 Å². The molecule has 0 atom stereocenters. The van der Waals surface area contributed by atoms with Gasteiger partial charge in [0.25, 0.3) is 5.91 Å². The van der Waals surface area contributed by atoms with Crippen LogP contribution in [0.25, 0.3) is 10.8 Å². The van der Waals surface area contributed by atoms with Gasteiger partial charge >= 0.3 is 0 Å². The first-order chi connectivity index (χ1) is 17.0. The Bertz CT molecular complexity index is 1150. The highest BCUT2D eigenvalue weighted by atomic mass is 16.5. The lowest BCUT2D eigenvalue weighted by atomic mass is 10.0. The van der Waals surface area contributed by atoms with Crippen molar-refractivity contribution in [1.82, 2.24) is 10.2 Å². The van der Waals surface area contributed by atoms with Crippen molar-refractivity contribution in [2.75, 3.05) is 33.4 Å². The van der Waals surface area contributed by atoms with Crippen molar-refractivity contribution in [3.63, 3.8) is 0 Å². The van der Waals surface area contributed by atoms with E-state index in [0.29, 0.717) is 30.9 Å². The SMILES string of the molecule is COCCOCc1ccc2ccc(CN3CCC(NC(=O)c4ccc(C(C)=O)cc4)CC3)cc2c1. The number of nitrogens with one attached hydrogen (secondary N) is 1. The number of carbonyl (C=O) groups excluding carboxylic acids is 2. The van der Waals surface area contributed by atoms with E-state index in [4.69, 9.17) is 9.47 Å². The Morgan fingerprint density at radius 3 is 2.23 bits per heavy atom. The van der Waals surface area contributed by atoms with Crippen LogP contribution in [0.1, 0.15) is 51.6 Å². The molecule has 0 aliphatic carbocycles. The van der Waals surface area contributed by atoms with E-state index < -0.39 is 0 Å². The molecule has 1 amide bonds. The average Bonchev–Trinajstić information content (AvgIpc) is 2.87. The van der Waals surface area contributed by atoms with Gasteiger partial charge in [0.05, 0.1) is 19.8 Å². The van der Waals surface area contributed by atoms with Gasteiger partial charge in [-0.25, -0.2) is 0 Å². The van der Waals surface area contributed by atoms with Crippen LogP contribution in [-0.4, -0.2) is 56.0 Å². The van der Waals surface area contributed by atoms with Gasteiger partial charge in [0.15, 0.2) is 5.78 Å². The zero-order chi connectivity index (χ0) is 24.6. The molecular weight excluding hydrogens is 440 g/mol. The highest BCUT2D eigenvalue weighted by Gasteiger charge is 2.21. The molecule has 0 saturated carbocycles. The Balaban J connectivity index is 1.28. The first-order valence-corrected chi connectivity index (χ1v) is 12.2.